The van der Waals surface area contributed by atoms with Crippen molar-refractivity contribution in [2.75, 3.05) is 51.1 Å². The van der Waals surface area contributed by atoms with E-state index in [0.29, 0.717) is 73.3 Å². The number of fused-ring (bicyclic) bond motifs is 2. The van der Waals surface area contributed by atoms with Crippen LogP contribution in [0.4, 0.5) is 11.4 Å². The fourth-order valence-corrected chi connectivity index (χ4v) is 8.18. The first-order valence-electron chi connectivity index (χ1n) is 21.1. The number of anilines is 2. The second-order valence-corrected chi connectivity index (χ2v) is 15.5. The molecule has 14 nitrogen and oxygen atoms in total. The monoisotopic (exact) mass is 886 g/mol. The lowest BCUT2D eigenvalue weighted by Gasteiger charge is -2.10. The number of benzene rings is 4. The van der Waals surface area contributed by atoms with Gasteiger partial charge in [0.25, 0.3) is 0 Å². The number of nitrogens with zero attached hydrogens (tertiary/aromatic N) is 2. The molecular formula is C52H46N4O10. The topological polar surface area (TPSA) is 207 Å². The fourth-order valence-electron chi connectivity index (χ4n) is 8.18. The Morgan fingerprint density at radius 3 is 1.26 bits per heavy atom. The molecule has 8 aromatic rings. The minimum absolute atomic E-state index is 0.0900. The van der Waals surface area contributed by atoms with Gasteiger partial charge in [-0.05, 0) is 145 Å². The zero-order valence-corrected chi connectivity index (χ0v) is 36.2. The molecule has 14 heteroatoms. The third-order valence-electron chi connectivity index (χ3n) is 11.3. The third-order valence-corrected chi connectivity index (χ3v) is 11.3. The van der Waals surface area contributed by atoms with Gasteiger partial charge < -0.3 is 49.4 Å². The first-order chi connectivity index (χ1) is 31.9. The Morgan fingerprint density at radius 1 is 0.500 bits per heavy atom. The van der Waals surface area contributed by atoms with Crippen molar-refractivity contribution in [3.8, 4) is 34.0 Å². The molecule has 0 saturated heterocycles. The molecule has 334 valence electrons. The first-order valence-corrected chi connectivity index (χ1v) is 21.1. The van der Waals surface area contributed by atoms with E-state index in [1.807, 2.05) is 120 Å². The normalized spacial score (nSPS) is 11.2. The summed E-state index contributed by atoms with van der Waals surface area (Å²) in [5, 5.41) is 19.1. The molecule has 8 rings (SSSR count). The Labute approximate surface area is 379 Å². The number of hydrogen-bond acceptors (Lipinski definition) is 10. The Kier molecular flexibility index (Phi) is 13.0. The predicted molar refractivity (Wildman–Crippen MR) is 250 cm³/mol. The molecule has 4 aromatic carbocycles. The molecule has 0 spiro atoms. The number of pyridine rings is 2. The van der Waals surface area contributed by atoms with Crippen LogP contribution in [0.1, 0.15) is 63.7 Å². The molecule has 66 heavy (non-hydrogen) atoms. The number of ether oxygens (including phenoxy) is 4. The quantitative estimate of drug-likeness (QED) is 0.0342. The van der Waals surface area contributed by atoms with Crippen molar-refractivity contribution in [2.24, 2.45) is 0 Å². The minimum atomic E-state index is -1.20. The number of carbonyl (C=O) groups excluding carboxylic acids is 2. The number of nitrogen functional groups attached to an aromatic ring is 2. The summed E-state index contributed by atoms with van der Waals surface area (Å²) in [4.78, 5) is 51.0. The van der Waals surface area contributed by atoms with E-state index in [-0.39, 0.29) is 45.2 Å². The minimum Gasteiger partial charge on any atom is -0.491 e. The van der Waals surface area contributed by atoms with Gasteiger partial charge in [-0.3, -0.25) is 9.59 Å². The summed E-state index contributed by atoms with van der Waals surface area (Å²) in [5.41, 5.74) is 19.4. The van der Waals surface area contributed by atoms with Crippen LogP contribution in [-0.2, 0) is 9.47 Å². The van der Waals surface area contributed by atoms with Crippen molar-refractivity contribution in [2.45, 2.75) is 13.8 Å². The molecule has 0 bridgehead atoms. The number of carboxylic acids is 2. The summed E-state index contributed by atoms with van der Waals surface area (Å²) in [7, 11) is 0. The van der Waals surface area contributed by atoms with E-state index >= 15 is 0 Å². The predicted octanol–water partition coefficient (Wildman–Crippen LogP) is 8.66. The van der Waals surface area contributed by atoms with Crippen LogP contribution in [0.2, 0.25) is 0 Å². The molecule has 0 radical (unpaired) electrons. The Bertz CT molecular complexity index is 2920. The summed E-state index contributed by atoms with van der Waals surface area (Å²) >= 11 is 0. The van der Waals surface area contributed by atoms with Gasteiger partial charge in [-0.1, -0.05) is 12.1 Å². The van der Waals surface area contributed by atoms with Crippen LogP contribution >= 0.6 is 0 Å². The van der Waals surface area contributed by atoms with Gasteiger partial charge in [-0.15, -0.1) is 0 Å². The van der Waals surface area contributed by atoms with E-state index < -0.39 is 11.9 Å². The SMILES string of the molecule is Cc1c(C(=O)c2ccc(N)c(C(=O)O)c2)c2ccccn2c1-c1ccc(OCCOCCOCCOc2ccc(-c3c(C)c(C(=O)c4ccc(N)c(C(=O)O)c4)c4ccccn34)cc2)cc1. The highest BCUT2D eigenvalue weighted by atomic mass is 16.6. The molecule has 4 heterocycles. The molecule has 0 unspecified atom stereocenters. The van der Waals surface area contributed by atoms with Crippen molar-refractivity contribution in [1.82, 2.24) is 8.80 Å². The molecule has 6 N–H and O–H groups in total. The smallest absolute Gasteiger partial charge is 0.337 e. The molecular weight excluding hydrogens is 841 g/mol. The van der Waals surface area contributed by atoms with E-state index in [0.717, 1.165) is 33.6 Å². The molecule has 4 aromatic heterocycles. The van der Waals surface area contributed by atoms with E-state index in [2.05, 4.69) is 0 Å². The van der Waals surface area contributed by atoms with Gasteiger partial charge in [0.05, 0.1) is 71.1 Å². The average molecular weight is 887 g/mol. The van der Waals surface area contributed by atoms with E-state index in [1.54, 1.807) is 12.1 Å². The number of rotatable bonds is 19. The lowest BCUT2D eigenvalue weighted by molar-refractivity contribution is 0.0273. The number of carboxylic acid groups (broad SMARTS) is 2. The largest absolute Gasteiger partial charge is 0.491 e. The van der Waals surface area contributed by atoms with Gasteiger partial charge in [0.15, 0.2) is 11.6 Å². The maximum atomic E-state index is 13.8. The number of carbonyl (C=O) groups is 4. The number of aromatic carboxylic acids is 2. The number of nitrogens with two attached hydrogens (primary N) is 2. The standard InChI is InChI=1S/C52H46N4O10/c1-31-45(49(57)35-13-19-41(53)39(29-35)51(59)60)43-7-3-5-21-55(43)47(31)33-9-15-37(16-10-33)65-27-25-63-23-24-64-26-28-66-38-17-11-34(12-18-38)48-32(2)46(44-8-4-6-22-56(44)48)50(58)36-14-20-42(54)40(30-36)52(61)62/h3-22,29-30H,23-28,53-54H2,1-2H3,(H,59,60)(H,61,62). The van der Waals surface area contributed by atoms with Crippen LogP contribution in [0.25, 0.3) is 33.5 Å². The molecule has 0 aliphatic heterocycles. The van der Waals surface area contributed by atoms with Crippen molar-refractivity contribution in [3.05, 3.63) is 178 Å². The number of aromatic nitrogens is 2. The van der Waals surface area contributed by atoms with Crippen LogP contribution < -0.4 is 20.9 Å². The van der Waals surface area contributed by atoms with Gasteiger partial charge in [0, 0.05) is 34.9 Å². The Hall–Kier alpha value is -8.20. The third kappa shape index (κ3) is 8.95. The highest BCUT2D eigenvalue weighted by Gasteiger charge is 2.25. The summed E-state index contributed by atoms with van der Waals surface area (Å²) in [6.07, 6.45) is 3.78. The van der Waals surface area contributed by atoms with Gasteiger partial charge in [-0.25, -0.2) is 9.59 Å². The fraction of sp³-hybridized carbons (Fsp3) is 0.154. The summed E-state index contributed by atoms with van der Waals surface area (Å²) < 4.78 is 27.2. The highest BCUT2D eigenvalue weighted by molar-refractivity contribution is 6.17. The van der Waals surface area contributed by atoms with E-state index in [4.69, 9.17) is 30.4 Å². The van der Waals surface area contributed by atoms with Gasteiger partial charge >= 0.3 is 11.9 Å². The van der Waals surface area contributed by atoms with Crippen molar-refractivity contribution in [3.63, 3.8) is 0 Å². The molecule has 0 amide bonds. The first kappa shape index (κ1) is 44.4. The lowest BCUT2D eigenvalue weighted by Crippen LogP contribution is -2.13. The second kappa shape index (κ2) is 19.3. The molecule has 0 saturated carbocycles. The van der Waals surface area contributed by atoms with Gasteiger partial charge in [0.1, 0.15) is 24.7 Å². The van der Waals surface area contributed by atoms with Crippen molar-refractivity contribution >= 4 is 45.9 Å². The summed E-state index contributed by atoms with van der Waals surface area (Å²) in [6, 6.07) is 35.0. The van der Waals surface area contributed by atoms with Crippen molar-refractivity contribution in [1.29, 1.82) is 0 Å². The number of ketones is 2. The Morgan fingerprint density at radius 2 is 0.879 bits per heavy atom. The molecule has 0 fully saturated rings. The van der Waals surface area contributed by atoms with Gasteiger partial charge in [-0.2, -0.15) is 0 Å². The second-order valence-electron chi connectivity index (χ2n) is 15.5. The Balaban J connectivity index is 0.788. The lowest BCUT2D eigenvalue weighted by atomic mass is 9.97. The van der Waals surface area contributed by atoms with E-state index in [1.165, 1.54) is 24.3 Å². The average Bonchev–Trinajstić information content (AvgIpc) is 3.79. The molecule has 0 atom stereocenters. The summed E-state index contributed by atoms with van der Waals surface area (Å²) in [5.74, 6) is -1.67. The maximum Gasteiger partial charge on any atom is 0.337 e. The zero-order valence-electron chi connectivity index (χ0n) is 36.2. The maximum absolute atomic E-state index is 13.8. The van der Waals surface area contributed by atoms with Crippen LogP contribution in [0, 0.1) is 13.8 Å². The van der Waals surface area contributed by atoms with Gasteiger partial charge in [0.2, 0.25) is 0 Å². The van der Waals surface area contributed by atoms with Crippen LogP contribution in [0.15, 0.2) is 134 Å². The molecule has 0 aliphatic rings. The summed E-state index contributed by atoms with van der Waals surface area (Å²) in [6.45, 7) is 5.89. The highest BCUT2D eigenvalue weighted by Crippen LogP contribution is 2.36. The van der Waals surface area contributed by atoms with Crippen molar-refractivity contribution < 1.29 is 48.3 Å². The van der Waals surface area contributed by atoms with Crippen LogP contribution in [0.5, 0.6) is 11.5 Å². The number of hydrogen-bond donors (Lipinski definition) is 4. The van der Waals surface area contributed by atoms with Crippen LogP contribution in [-0.4, -0.2) is 82.2 Å². The zero-order chi connectivity index (χ0) is 46.5. The van der Waals surface area contributed by atoms with Crippen LogP contribution in [0.3, 0.4) is 0 Å². The molecule has 0 aliphatic carbocycles. The van der Waals surface area contributed by atoms with E-state index in [9.17, 15) is 29.4 Å².